The van der Waals surface area contributed by atoms with E-state index >= 15 is 0 Å². The standard InChI is InChI=1S/C14H18BClN2O2/c1-13(2)14(3,4)20-15(19-13)10-8-9-6-7-11(16)17-12(9)18(10)5/h6-8H,1-5H3. The summed E-state index contributed by atoms with van der Waals surface area (Å²) < 4.78 is 14.1. The number of hydrogen-bond acceptors (Lipinski definition) is 3. The molecule has 106 valence electrons. The van der Waals surface area contributed by atoms with Gasteiger partial charge < -0.3 is 13.9 Å². The molecule has 0 aliphatic carbocycles. The first-order chi connectivity index (χ1) is 9.21. The van der Waals surface area contributed by atoms with Crippen LogP contribution in [0.3, 0.4) is 0 Å². The molecule has 2 aromatic rings. The van der Waals surface area contributed by atoms with E-state index in [0.717, 1.165) is 16.6 Å². The highest BCUT2D eigenvalue weighted by Crippen LogP contribution is 2.36. The molecule has 1 saturated heterocycles. The van der Waals surface area contributed by atoms with E-state index in [2.05, 4.69) is 4.98 Å². The quantitative estimate of drug-likeness (QED) is 0.598. The van der Waals surface area contributed by atoms with Gasteiger partial charge in [0.05, 0.1) is 16.8 Å². The smallest absolute Gasteiger partial charge is 0.398 e. The zero-order valence-electron chi connectivity index (χ0n) is 12.4. The third-order valence-electron chi connectivity index (χ3n) is 4.37. The second kappa shape index (κ2) is 4.23. The summed E-state index contributed by atoms with van der Waals surface area (Å²) in [4.78, 5) is 4.36. The number of halogens is 1. The lowest BCUT2D eigenvalue weighted by Gasteiger charge is -2.32. The Morgan fingerprint density at radius 3 is 2.35 bits per heavy atom. The SMILES string of the molecule is Cn1c(B2OC(C)(C)C(C)(C)O2)cc2ccc(Cl)nc21. The molecule has 4 nitrogen and oxygen atoms in total. The van der Waals surface area contributed by atoms with Gasteiger partial charge in [-0.05, 0) is 45.9 Å². The molecule has 1 aliphatic rings. The number of aromatic nitrogens is 2. The average molecular weight is 293 g/mol. The van der Waals surface area contributed by atoms with E-state index < -0.39 is 7.12 Å². The predicted molar refractivity (Wildman–Crippen MR) is 81.4 cm³/mol. The summed E-state index contributed by atoms with van der Waals surface area (Å²) in [5.41, 5.74) is 1.09. The summed E-state index contributed by atoms with van der Waals surface area (Å²) in [5, 5.41) is 1.51. The summed E-state index contributed by atoms with van der Waals surface area (Å²) >= 11 is 5.96. The Bertz CT molecular complexity index is 665. The van der Waals surface area contributed by atoms with Gasteiger partial charge in [0.1, 0.15) is 10.8 Å². The third-order valence-corrected chi connectivity index (χ3v) is 4.58. The van der Waals surface area contributed by atoms with E-state index in [9.17, 15) is 0 Å². The van der Waals surface area contributed by atoms with Crippen LogP contribution in [-0.2, 0) is 16.4 Å². The summed E-state index contributed by atoms with van der Waals surface area (Å²) in [6.07, 6.45) is 0. The van der Waals surface area contributed by atoms with Gasteiger partial charge in [0.25, 0.3) is 0 Å². The molecule has 0 unspecified atom stereocenters. The van der Waals surface area contributed by atoms with E-state index in [1.165, 1.54) is 0 Å². The molecule has 0 bridgehead atoms. The normalized spacial score (nSPS) is 20.8. The maximum Gasteiger partial charge on any atom is 0.512 e. The molecule has 0 aromatic carbocycles. The fourth-order valence-electron chi connectivity index (χ4n) is 2.39. The highest BCUT2D eigenvalue weighted by Gasteiger charge is 2.52. The molecule has 1 aliphatic heterocycles. The monoisotopic (exact) mass is 292 g/mol. The number of hydrogen-bond donors (Lipinski definition) is 0. The van der Waals surface area contributed by atoms with Gasteiger partial charge in [0, 0.05) is 12.4 Å². The molecule has 0 atom stereocenters. The molecule has 20 heavy (non-hydrogen) atoms. The van der Waals surface area contributed by atoms with E-state index in [4.69, 9.17) is 20.9 Å². The number of aryl methyl sites for hydroxylation is 1. The first-order valence-corrected chi connectivity index (χ1v) is 7.06. The molecule has 0 N–H and O–H groups in total. The molecule has 0 radical (unpaired) electrons. The Morgan fingerprint density at radius 2 is 1.75 bits per heavy atom. The molecule has 3 rings (SSSR count). The number of fused-ring (bicyclic) bond motifs is 1. The van der Waals surface area contributed by atoms with Gasteiger partial charge in [-0.1, -0.05) is 11.6 Å². The average Bonchev–Trinajstić information content (AvgIpc) is 2.75. The highest BCUT2D eigenvalue weighted by molar-refractivity contribution is 6.61. The summed E-state index contributed by atoms with van der Waals surface area (Å²) in [6.45, 7) is 8.19. The molecule has 0 amide bonds. The lowest BCUT2D eigenvalue weighted by molar-refractivity contribution is 0.00578. The lowest BCUT2D eigenvalue weighted by Crippen LogP contribution is -2.41. The molecule has 0 spiro atoms. The Kier molecular flexibility index (Phi) is 2.94. The van der Waals surface area contributed by atoms with Crippen LogP contribution in [0.2, 0.25) is 5.15 Å². The maximum absolute atomic E-state index is 6.09. The van der Waals surface area contributed by atoms with E-state index in [1.807, 2.05) is 51.4 Å². The van der Waals surface area contributed by atoms with Crippen molar-refractivity contribution in [2.45, 2.75) is 38.9 Å². The van der Waals surface area contributed by atoms with Crippen molar-refractivity contribution in [3.05, 3.63) is 23.4 Å². The maximum atomic E-state index is 6.09. The number of nitrogens with zero attached hydrogens (tertiary/aromatic N) is 2. The fourth-order valence-corrected chi connectivity index (χ4v) is 2.53. The van der Waals surface area contributed by atoms with Crippen LogP contribution >= 0.6 is 11.6 Å². The van der Waals surface area contributed by atoms with Gasteiger partial charge >= 0.3 is 7.12 Å². The van der Waals surface area contributed by atoms with Gasteiger partial charge in [0.2, 0.25) is 0 Å². The summed E-state index contributed by atoms with van der Waals surface area (Å²) in [7, 11) is 1.56. The zero-order chi connectivity index (χ0) is 14.7. The molecule has 3 heterocycles. The Balaban J connectivity index is 2.06. The predicted octanol–water partition coefficient (Wildman–Crippen LogP) is 2.53. The van der Waals surface area contributed by atoms with Crippen LogP contribution in [0.25, 0.3) is 11.0 Å². The van der Waals surface area contributed by atoms with Gasteiger partial charge in [-0.15, -0.1) is 0 Å². The van der Waals surface area contributed by atoms with Crippen LogP contribution in [-0.4, -0.2) is 27.9 Å². The Morgan fingerprint density at radius 1 is 1.15 bits per heavy atom. The largest absolute Gasteiger partial charge is 0.512 e. The van der Waals surface area contributed by atoms with Crippen LogP contribution in [0.1, 0.15) is 27.7 Å². The van der Waals surface area contributed by atoms with Crippen LogP contribution in [0.15, 0.2) is 18.2 Å². The molecular formula is C14H18BClN2O2. The van der Waals surface area contributed by atoms with Gasteiger partial charge in [-0.3, -0.25) is 0 Å². The minimum atomic E-state index is -0.391. The van der Waals surface area contributed by atoms with Crippen molar-refractivity contribution in [3.8, 4) is 0 Å². The molecule has 2 aromatic heterocycles. The second-order valence-electron chi connectivity index (χ2n) is 6.26. The van der Waals surface area contributed by atoms with Gasteiger partial charge in [-0.25, -0.2) is 4.98 Å². The Hall–Kier alpha value is -1.04. The zero-order valence-corrected chi connectivity index (χ0v) is 13.2. The number of rotatable bonds is 1. The third kappa shape index (κ3) is 1.96. The van der Waals surface area contributed by atoms with Crippen molar-refractivity contribution in [2.24, 2.45) is 7.05 Å². The van der Waals surface area contributed by atoms with Crippen LogP contribution in [0, 0.1) is 0 Å². The summed E-state index contributed by atoms with van der Waals surface area (Å²) in [5.74, 6) is 0. The lowest BCUT2D eigenvalue weighted by atomic mass is 9.84. The van der Waals surface area contributed by atoms with Crippen LogP contribution in [0.5, 0.6) is 0 Å². The van der Waals surface area contributed by atoms with Gasteiger partial charge in [0.15, 0.2) is 0 Å². The first-order valence-electron chi connectivity index (χ1n) is 6.69. The second-order valence-corrected chi connectivity index (χ2v) is 6.65. The van der Waals surface area contributed by atoms with Crippen molar-refractivity contribution in [3.63, 3.8) is 0 Å². The van der Waals surface area contributed by atoms with Crippen molar-refractivity contribution < 1.29 is 9.31 Å². The molecule has 0 saturated carbocycles. The van der Waals surface area contributed by atoms with Crippen molar-refractivity contribution in [1.82, 2.24) is 9.55 Å². The van der Waals surface area contributed by atoms with Crippen molar-refractivity contribution >= 4 is 35.3 Å². The van der Waals surface area contributed by atoms with Crippen LogP contribution < -0.4 is 5.59 Å². The number of pyridine rings is 1. The van der Waals surface area contributed by atoms with E-state index in [0.29, 0.717) is 5.15 Å². The molecular weight excluding hydrogens is 274 g/mol. The molecule has 1 fully saturated rings. The van der Waals surface area contributed by atoms with E-state index in [1.54, 1.807) is 6.07 Å². The first kappa shape index (κ1) is 13.9. The Labute approximate surface area is 124 Å². The van der Waals surface area contributed by atoms with Crippen LogP contribution in [0.4, 0.5) is 0 Å². The summed E-state index contributed by atoms with van der Waals surface area (Å²) in [6, 6.07) is 5.79. The van der Waals surface area contributed by atoms with Crippen molar-refractivity contribution in [2.75, 3.05) is 0 Å². The highest BCUT2D eigenvalue weighted by atomic mass is 35.5. The minimum absolute atomic E-state index is 0.348. The minimum Gasteiger partial charge on any atom is -0.398 e. The van der Waals surface area contributed by atoms with E-state index in [-0.39, 0.29) is 11.2 Å². The fraction of sp³-hybridized carbons (Fsp3) is 0.500. The van der Waals surface area contributed by atoms with Gasteiger partial charge in [-0.2, -0.15) is 0 Å². The topological polar surface area (TPSA) is 36.3 Å². The molecule has 6 heteroatoms. The van der Waals surface area contributed by atoms with Crippen molar-refractivity contribution in [1.29, 1.82) is 0 Å².